The van der Waals surface area contributed by atoms with Crippen LogP contribution in [0.25, 0.3) is 11.4 Å². The largest absolute Gasteiger partial charge is 0.497 e. The number of aromatic nitrogens is 4. The molecule has 0 amide bonds. The predicted octanol–water partition coefficient (Wildman–Crippen LogP) is 1.84. The molecule has 0 radical (unpaired) electrons. The number of aromatic amines is 1. The third kappa shape index (κ3) is 4.94. The third-order valence-corrected chi connectivity index (χ3v) is 4.33. The Morgan fingerprint density at radius 1 is 1.22 bits per heavy atom. The second kappa shape index (κ2) is 8.49. The van der Waals surface area contributed by atoms with Gasteiger partial charge in [-0.05, 0) is 24.3 Å². The average Bonchev–Trinajstić information content (AvgIpc) is 3.15. The number of benzene rings is 1. The lowest BCUT2D eigenvalue weighted by molar-refractivity contribution is -0.139. The van der Waals surface area contributed by atoms with Crippen LogP contribution in [-0.4, -0.2) is 40.3 Å². The fraction of sp³-hybridized carbons (Fsp3) is 0.235. The first-order valence-corrected chi connectivity index (χ1v) is 8.83. The van der Waals surface area contributed by atoms with Crippen molar-refractivity contribution >= 4 is 17.7 Å². The van der Waals surface area contributed by atoms with Gasteiger partial charge in [0.05, 0.1) is 32.1 Å². The van der Waals surface area contributed by atoms with Gasteiger partial charge in [-0.3, -0.25) is 9.59 Å². The topological polar surface area (TPSA) is 120 Å². The molecule has 0 unspecified atom stereocenters. The second-order valence-corrected chi connectivity index (χ2v) is 6.29. The average molecular weight is 388 g/mol. The Balaban J connectivity index is 1.67. The van der Waals surface area contributed by atoms with Gasteiger partial charge in [0.15, 0.2) is 5.16 Å². The zero-order valence-electron chi connectivity index (χ0n) is 14.6. The zero-order valence-corrected chi connectivity index (χ0v) is 15.4. The molecule has 0 saturated heterocycles. The van der Waals surface area contributed by atoms with Crippen molar-refractivity contribution in [2.45, 2.75) is 17.3 Å². The first-order chi connectivity index (χ1) is 13.1. The van der Waals surface area contributed by atoms with Crippen LogP contribution in [0.15, 0.2) is 44.8 Å². The lowest BCUT2D eigenvalue weighted by Crippen LogP contribution is -2.13. The van der Waals surface area contributed by atoms with Crippen LogP contribution < -0.4 is 10.3 Å². The van der Waals surface area contributed by atoms with E-state index in [2.05, 4.69) is 24.8 Å². The number of ether oxygens (including phenoxy) is 2. The summed E-state index contributed by atoms with van der Waals surface area (Å²) in [5.74, 6) is 1.42. The molecule has 0 atom stereocenters. The van der Waals surface area contributed by atoms with Gasteiger partial charge in [-0.15, -0.1) is 0 Å². The quantitative estimate of drug-likeness (QED) is 0.367. The first kappa shape index (κ1) is 18.6. The van der Waals surface area contributed by atoms with E-state index in [0.29, 0.717) is 28.3 Å². The predicted molar refractivity (Wildman–Crippen MR) is 96.4 cm³/mol. The second-order valence-electron chi connectivity index (χ2n) is 5.32. The van der Waals surface area contributed by atoms with Crippen LogP contribution in [0.3, 0.4) is 0 Å². The summed E-state index contributed by atoms with van der Waals surface area (Å²) in [4.78, 5) is 34.2. The maximum atomic E-state index is 11.7. The van der Waals surface area contributed by atoms with Crippen molar-refractivity contribution in [3.05, 3.63) is 52.3 Å². The van der Waals surface area contributed by atoms with Gasteiger partial charge in [-0.25, -0.2) is 4.98 Å². The first-order valence-electron chi connectivity index (χ1n) is 7.84. The summed E-state index contributed by atoms with van der Waals surface area (Å²) in [5, 5.41) is 4.30. The molecule has 0 aliphatic heterocycles. The van der Waals surface area contributed by atoms with Crippen LogP contribution in [0.2, 0.25) is 0 Å². The number of hydrogen-bond donors (Lipinski definition) is 1. The molecule has 1 aromatic carbocycles. The van der Waals surface area contributed by atoms with E-state index in [1.54, 1.807) is 7.11 Å². The number of nitrogens with one attached hydrogen (secondary N) is 1. The van der Waals surface area contributed by atoms with E-state index >= 15 is 0 Å². The van der Waals surface area contributed by atoms with E-state index in [1.807, 2.05) is 24.3 Å². The molecule has 0 spiro atoms. The maximum absolute atomic E-state index is 11.7. The maximum Gasteiger partial charge on any atom is 0.311 e. The molecule has 140 valence electrons. The smallest absolute Gasteiger partial charge is 0.311 e. The van der Waals surface area contributed by atoms with Gasteiger partial charge < -0.3 is 19.0 Å². The molecule has 0 fully saturated rings. The lowest BCUT2D eigenvalue weighted by Gasteiger charge is -2.02. The Hall–Kier alpha value is -3.14. The number of carbonyl (C=O) groups excluding carboxylic acids is 1. The molecular formula is C17H16N4O5S. The number of nitrogens with zero attached hydrogens (tertiary/aromatic N) is 3. The Labute approximate surface area is 158 Å². The molecule has 3 rings (SSSR count). The SMILES string of the molecule is COC(=O)Cc1cc(=O)[nH]c(SCc2nc(-c3ccc(OC)cc3)no2)n1. The Morgan fingerprint density at radius 3 is 2.70 bits per heavy atom. The van der Waals surface area contributed by atoms with Crippen LogP contribution in [0.5, 0.6) is 5.75 Å². The minimum atomic E-state index is -0.468. The monoisotopic (exact) mass is 388 g/mol. The third-order valence-electron chi connectivity index (χ3n) is 3.47. The van der Waals surface area contributed by atoms with Gasteiger partial charge in [-0.1, -0.05) is 16.9 Å². The van der Waals surface area contributed by atoms with E-state index in [9.17, 15) is 9.59 Å². The number of methoxy groups -OCH3 is 2. The van der Waals surface area contributed by atoms with Crippen molar-refractivity contribution in [1.29, 1.82) is 0 Å². The molecule has 9 nitrogen and oxygen atoms in total. The lowest BCUT2D eigenvalue weighted by atomic mass is 10.2. The van der Waals surface area contributed by atoms with Gasteiger partial charge in [0.1, 0.15) is 5.75 Å². The van der Waals surface area contributed by atoms with E-state index in [4.69, 9.17) is 9.26 Å². The number of rotatable bonds is 7. The van der Waals surface area contributed by atoms with Crippen molar-refractivity contribution in [3.63, 3.8) is 0 Å². The standard InChI is InChI=1S/C17H16N4O5S/c1-24-12-5-3-10(4-6-12)16-20-14(26-21-16)9-27-17-18-11(7-13(22)19-17)8-15(23)25-2/h3-7H,8-9H2,1-2H3,(H,18,19,22). The van der Waals surface area contributed by atoms with Gasteiger partial charge >= 0.3 is 5.97 Å². The van der Waals surface area contributed by atoms with Crippen LogP contribution in [0.4, 0.5) is 0 Å². The minimum absolute atomic E-state index is 0.0733. The van der Waals surface area contributed by atoms with E-state index < -0.39 is 5.97 Å². The highest BCUT2D eigenvalue weighted by molar-refractivity contribution is 7.98. The summed E-state index contributed by atoms with van der Waals surface area (Å²) in [6, 6.07) is 8.53. The van der Waals surface area contributed by atoms with Gasteiger partial charge in [-0.2, -0.15) is 4.98 Å². The molecule has 10 heteroatoms. The van der Waals surface area contributed by atoms with Gasteiger partial charge in [0, 0.05) is 11.6 Å². The zero-order chi connectivity index (χ0) is 19.2. The molecule has 2 aromatic heterocycles. The Morgan fingerprint density at radius 2 is 2.00 bits per heavy atom. The molecule has 2 heterocycles. The molecule has 0 aliphatic carbocycles. The van der Waals surface area contributed by atoms with Crippen molar-refractivity contribution in [2.24, 2.45) is 0 Å². The summed E-state index contributed by atoms with van der Waals surface area (Å²) < 4.78 is 14.9. The van der Waals surface area contributed by atoms with Crippen molar-refractivity contribution in [3.8, 4) is 17.1 Å². The summed E-state index contributed by atoms with van der Waals surface area (Å²) in [6.07, 6.45) is -0.0733. The molecule has 0 saturated carbocycles. The highest BCUT2D eigenvalue weighted by atomic mass is 32.2. The van der Waals surface area contributed by atoms with Crippen molar-refractivity contribution in [1.82, 2.24) is 20.1 Å². The molecular weight excluding hydrogens is 372 g/mol. The highest BCUT2D eigenvalue weighted by Gasteiger charge is 2.12. The number of esters is 1. The van der Waals surface area contributed by atoms with Crippen LogP contribution in [-0.2, 0) is 21.7 Å². The number of H-pyrrole nitrogens is 1. The van der Waals surface area contributed by atoms with Gasteiger partial charge in [0.2, 0.25) is 11.7 Å². The molecule has 1 N–H and O–H groups in total. The fourth-order valence-electron chi connectivity index (χ4n) is 2.16. The van der Waals surface area contributed by atoms with E-state index in [-0.39, 0.29) is 12.0 Å². The molecule has 27 heavy (non-hydrogen) atoms. The number of hydrogen-bond acceptors (Lipinski definition) is 9. The molecule has 3 aromatic rings. The normalized spacial score (nSPS) is 10.6. The van der Waals surface area contributed by atoms with E-state index in [1.165, 1.54) is 24.9 Å². The summed E-state index contributed by atoms with van der Waals surface area (Å²) in [7, 11) is 2.87. The number of thioether (sulfide) groups is 1. The highest BCUT2D eigenvalue weighted by Crippen LogP contribution is 2.22. The summed E-state index contributed by atoms with van der Waals surface area (Å²) in [5.41, 5.74) is 0.774. The molecule has 0 bridgehead atoms. The Bertz CT molecular complexity index is 983. The van der Waals surface area contributed by atoms with Crippen molar-refractivity contribution < 1.29 is 18.8 Å². The van der Waals surface area contributed by atoms with Crippen LogP contribution in [0, 0.1) is 0 Å². The van der Waals surface area contributed by atoms with Gasteiger partial charge in [0.25, 0.3) is 5.56 Å². The molecule has 0 aliphatic rings. The van der Waals surface area contributed by atoms with Crippen LogP contribution in [0.1, 0.15) is 11.6 Å². The summed E-state index contributed by atoms with van der Waals surface area (Å²) >= 11 is 1.22. The number of carbonyl (C=O) groups is 1. The van der Waals surface area contributed by atoms with E-state index in [0.717, 1.165) is 11.3 Å². The van der Waals surface area contributed by atoms with Crippen LogP contribution >= 0.6 is 11.8 Å². The summed E-state index contributed by atoms with van der Waals surface area (Å²) in [6.45, 7) is 0. The fourth-order valence-corrected chi connectivity index (χ4v) is 2.90. The Kier molecular flexibility index (Phi) is 5.87. The minimum Gasteiger partial charge on any atom is -0.497 e. The van der Waals surface area contributed by atoms with Crippen molar-refractivity contribution in [2.75, 3.05) is 14.2 Å².